The molecule has 9 heteroatoms. The molecule has 2 aromatic rings. The van der Waals surface area contributed by atoms with Crippen LogP contribution < -0.4 is 16.0 Å². The average molecular weight is 399 g/mol. The van der Waals surface area contributed by atoms with Crippen LogP contribution in [0, 0.1) is 0 Å². The average Bonchev–Trinajstić information content (AvgIpc) is 3.26. The summed E-state index contributed by atoms with van der Waals surface area (Å²) in [6.45, 7) is 0. The van der Waals surface area contributed by atoms with Gasteiger partial charge in [0.15, 0.2) is 5.69 Å². The summed E-state index contributed by atoms with van der Waals surface area (Å²) in [6, 6.07) is 4.30. The zero-order valence-corrected chi connectivity index (χ0v) is 16.2. The van der Waals surface area contributed by atoms with E-state index in [0.717, 1.165) is 36.3 Å². The van der Waals surface area contributed by atoms with Crippen molar-refractivity contribution in [2.75, 3.05) is 22.6 Å². The van der Waals surface area contributed by atoms with Gasteiger partial charge in [-0.15, -0.1) is 0 Å². The summed E-state index contributed by atoms with van der Waals surface area (Å²) in [5.74, 6) is -0.110. The second-order valence-corrected chi connectivity index (χ2v) is 7.88. The third-order valence-electron chi connectivity index (χ3n) is 5.03. The Balaban J connectivity index is 1.53. The van der Waals surface area contributed by atoms with Crippen LogP contribution in [-0.2, 0) is 17.6 Å². The zero-order valence-electron chi connectivity index (χ0n) is 15.4. The van der Waals surface area contributed by atoms with Crippen LogP contribution in [0.25, 0.3) is 0 Å². The van der Waals surface area contributed by atoms with Crippen LogP contribution in [0.5, 0.6) is 0 Å². The summed E-state index contributed by atoms with van der Waals surface area (Å²) >= 11 is 1.62. The summed E-state index contributed by atoms with van der Waals surface area (Å²) in [5, 5.41) is 15.4. The molecule has 8 nitrogen and oxygen atoms in total. The maximum absolute atomic E-state index is 12.6. The van der Waals surface area contributed by atoms with Crippen molar-refractivity contribution in [3.05, 3.63) is 40.7 Å². The van der Waals surface area contributed by atoms with Crippen LogP contribution >= 0.6 is 11.8 Å². The Morgan fingerprint density at radius 2 is 2.18 bits per heavy atom. The Morgan fingerprint density at radius 1 is 1.32 bits per heavy atom. The third-order valence-corrected chi connectivity index (χ3v) is 5.68. The molecule has 1 aromatic carbocycles. The molecule has 1 aliphatic carbocycles. The molecule has 4 N–H and O–H groups in total. The highest BCUT2D eigenvalue weighted by Gasteiger charge is 2.28. The summed E-state index contributed by atoms with van der Waals surface area (Å²) in [5.41, 5.74) is 3.63. The number of aryl methyl sites for hydroxylation is 1. The molecule has 0 fully saturated rings. The van der Waals surface area contributed by atoms with Crippen molar-refractivity contribution in [3.8, 4) is 0 Å². The molecule has 3 amide bonds. The van der Waals surface area contributed by atoms with Gasteiger partial charge in [-0.25, -0.2) is 0 Å². The molecule has 0 saturated heterocycles. The van der Waals surface area contributed by atoms with Gasteiger partial charge in [-0.2, -0.15) is 16.9 Å². The van der Waals surface area contributed by atoms with E-state index >= 15 is 0 Å². The van der Waals surface area contributed by atoms with Gasteiger partial charge in [0.05, 0.1) is 11.3 Å². The van der Waals surface area contributed by atoms with Gasteiger partial charge in [0, 0.05) is 16.9 Å². The molecule has 1 atom stereocenters. The fraction of sp³-hybridized carbons (Fsp3) is 0.368. The molecule has 0 radical (unpaired) electrons. The van der Waals surface area contributed by atoms with E-state index in [1.807, 2.05) is 6.26 Å². The summed E-state index contributed by atoms with van der Waals surface area (Å²) in [7, 11) is 0. The lowest BCUT2D eigenvalue weighted by molar-refractivity contribution is -0.117. The number of nitrogens with one attached hydrogen (secondary N) is 4. The van der Waals surface area contributed by atoms with E-state index in [4.69, 9.17) is 0 Å². The molecular formula is C19H21N5O3S. The number of thioether (sulfide) groups is 1. The van der Waals surface area contributed by atoms with E-state index < -0.39 is 6.04 Å². The van der Waals surface area contributed by atoms with Gasteiger partial charge in [-0.3, -0.25) is 19.5 Å². The maximum Gasteiger partial charge on any atom is 0.276 e. The summed E-state index contributed by atoms with van der Waals surface area (Å²) in [4.78, 5) is 37.6. The topological polar surface area (TPSA) is 116 Å². The predicted molar refractivity (Wildman–Crippen MR) is 108 cm³/mol. The number of carbonyl (C=O) groups is 3. The molecule has 1 aliphatic heterocycles. The van der Waals surface area contributed by atoms with Crippen LogP contribution in [-0.4, -0.2) is 46.0 Å². The Bertz CT molecular complexity index is 955. The number of nitrogens with zero attached hydrogens (tertiary/aromatic N) is 1. The lowest BCUT2D eigenvalue weighted by Gasteiger charge is -2.13. The standard InChI is InChI=1S/C19H21N5O3S/c1-28-8-7-15-18(26)21-13-6-5-10(9-12(13)17(25)22-15)20-19(27)16-11-3-2-4-14(11)23-24-16/h5-6,9,15H,2-4,7-8H2,1H3,(H,20,27)(H,21,26)(H,22,25)(H,23,24)/t15-/m1/s1. The van der Waals surface area contributed by atoms with Crippen molar-refractivity contribution >= 4 is 40.9 Å². The van der Waals surface area contributed by atoms with Crippen molar-refractivity contribution in [2.24, 2.45) is 0 Å². The number of hydrogen-bond acceptors (Lipinski definition) is 5. The lowest BCUT2D eigenvalue weighted by Crippen LogP contribution is -2.41. The molecule has 4 rings (SSSR count). The molecule has 0 spiro atoms. The number of anilines is 2. The zero-order chi connectivity index (χ0) is 19.7. The number of H-pyrrole nitrogens is 1. The van der Waals surface area contributed by atoms with Crippen molar-refractivity contribution < 1.29 is 14.4 Å². The number of fused-ring (bicyclic) bond motifs is 2. The van der Waals surface area contributed by atoms with Crippen molar-refractivity contribution in [1.29, 1.82) is 0 Å². The first-order valence-electron chi connectivity index (χ1n) is 9.19. The van der Waals surface area contributed by atoms with Gasteiger partial charge < -0.3 is 16.0 Å². The smallest absolute Gasteiger partial charge is 0.276 e. The van der Waals surface area contributed by atoms with Gasteiger partial charge in [0.2, 0.25) is 5.91 Å². The number of hydrogen-bond donors (Lipinski definition) is 4. The van der Waals surface area contributed by atoms with E-state index in [-0.39, 0.29) is 17.7 Å². The quantitative estimate of drug-likeness (QED) is 0.613. The van der Waals surface area contributed by atoms with Crippen LogP contribution in [0.2, 0.25) is 0 Å². The van der Waals surface area contributed by atoms with Crippen LogP contribution in [0.3, 0.4) is 0 Å². The van der Waals surface area contributed by atoms with Gasteiger partial charge in [0.1, 0.15) is 6.04 Å². The van der Waals surface area contributed by atoms with Crippen molar-refractivity contribution in [2.45, 2.75) is 31.7 Å². The van der Waals surface area contributed by atoms with Crippen molar-refractivity contribution in [1.82, 2.24) is 15.5 Å². The molecular weight excluding hydrogens is 378 g/mol. The monoisotopic (exact) mass is 399 g/mol. The van der Waals surface area contributed by atoms with E-state index in [9.17, 15) is 14.4 Å². The van der Waals surface area contributed by atoms with Crippen LogP contribution in [0.1, 0.15) is 44.9 Å². The molecule has 2 aliphatic rings. The number of rotatable bonds is 5. The fourth-order valence-corrected chi connectivity index (χ4v) is 4.05. The molecule has 0 unspecified atom stereocenters. The van der Waals surface area contributed by atoms with E-state index in [2.05, 4.69) is 26.1 Å². The van der Waals surface area contributed by atoms with Crippen LogP contribution in [0.15, 0.2) is 18.2 Å². The maximum atomic E-state index is 12.6. The first kappa shape index (κ1) is 18.5. The molecule has 28 heavy (non-hydrogen) atoms. The number of aromatic amines is 1. The minimum Gasteiger partial charge on any atom is -0.340 e. The first-order chi connectivity index (χ1) is 13.6. The normalized spacial score (nSPS) is 18.0. The van der Waals surface area contributed by atoms with Crippen LogP contribution in [0.4, 0.5) is 11.4 Å². The van der Waals surface area contributed by atoms with Crippen molar-refractivity contribution in [3.63, 3.8) is 0 Å². The highest BCUT2D eigenvalue weighted by Crippen LogP contribution is 2.26. The first-order valence-corrected chi connectivity index (χ1v) is 10.6. The highest BCUT2D eigenvalue weighted by atomic mass is 32.2. The lowest BCUT2D eigenvalue weighted by atomic mass is 10.1. The van der Waals surface area contributed by atoms with E-state index in [1.54, 1.807) is 30.0 Å². The Labute approximate surface area is 166 Å². The summed E-state index contributed by atoms with van der Waals surface area (Å²) in [6.07, 6.45) is 5.27. The minimum atomic E-state index is -0.572. The Morgan fingerprint density at radius 3 is 3.00 bits per heavy atom. The Kier molecular flexibility index (Phi) is 5.08. The number of aromatic nitrogens is 2. The highest BCUT2D eigenvalue weighted by molar-refractivity contribution is 7.98. The minimum absolute atomic E-state index is 0.231. The second kappa shape index (κ2) is 7.67. The van der Waals surface area contributed by atoms with E-state index in [1.165, 1.54) is 0 Å². The molecule has 146 valence electrons. The third kappa shape index (κ3) is 3.49. The largest absolute Gasteiger partial charge is 0.340 e. The predicted octanol–water partition coefficient (Wildman–Crippen LogP) is 1.95. The van der Waals surface area contributed by atoms with E-state index in [0.29, 0.717) is 29.1 Å². The number of benzene rings is 1. The van der Waals surface area contributed by atoms with Gasteiger partial charge >= 0.3 is 0 Å². The molecule has 0 bridgehead atoms. The summed E-state index contributed by atoms with van der Waals surface area (Å²) < 4.78 is 0. The Hall–Kier alpha value is -2.81. The second-order valence-electron chi connectivity index (χ2n) is 6.89. The number of carbonyl (C=O) groups excluding carboxylic acids is 3. The van der Waals surface area contributed by atoms with Gasteiger partial charge in [-0.1, -0.05) is 0 Å². The number of amides is 3. The molecule has 1 aromatic heterocycles. The fourth-order valence-electron chi connectivity index (χ4n) is 3.58. The molecule has 0 saturated carbocycles. The molecule has 2 heterocycles. The van der Waals surface area contributed by atoms with Gasteiger partial charge in [0.25, 0.3) is 11.8 Å². The van der Waals surface area contributed by atoms with Gasteiger partial charge in [-0.05, 0) is 55.9 Å². The SMILES string of the molecule is CSCC[C@H]1NC(=O)c2cc(NC(=O)c3n[nH]c4c3CCC4)ccc2NC1=O.